The summed E-state index contributed by atoms with van der Waals surface area (Å²) < 4.78 is 0. The van der Waals surface area contributed by atoms with E-state index in [1.165, 1.54) is 31.2 Å². The Balaban J connectivity index is 2.02. The molecule has 1 aromatic rings. The highest BCUT2D eigenvalue weighted by Gasteiger charge is 2.11. The quantitative estimate of drug-likeness (QED) is 0.768. The molecule has 0 heterocycles. The molecular formula is C17H22O. The lowest BCUT2D eigenvalue weighted by Crippen LogP contribution is -2.08. The van der Waals surface area contributed by atoms with Gasteiger partial charge in [-0.2, -0.15) is 0 Å². The second-order valence-corrected chi connectivity index (χ2v) is 5.27. The molecule has 1 aliphatic carbocycles. The Hall–Kier alpha value is -1.37. The van der Waals surface area contributed by atoms with E-state index in [1.54, 1.807) is 0 Å². The lowest BCUT2D eigenvalue weighted by Gasteiger charge is -2.10. The highest BCUT2D eigenvalue weighted by atomic mass is 16.1. The molecule has 96 valence electrons. The molecule has 18 heavy (non-hydrogen) atoms. The first-order valence-electron chi connectivity index (χ1n) is 7.03. The average molecular weight is 242 g/mol. The van der Waals surface area contributed by atoms with Crippen molar-refractivity contribution in [3.8, 4) is 0 Å². The summed E-state index contributed by atoms with van der Waals surface area (Å²) in [6.45, 7) is 2.07. The third-order valence-corrected chi connectivity index (χ3v) is 3.60. The normalized spacial score (nSPS) is 19.5. The Morgan fingerprint density at radius 2 is 2.00 bits per heavy atom. The van der Waals surface area contributed by atoms with E-state index < -0.39 is 0 Å². The van der Waals surface area contributed by atoms with Crippen molar-refractivity contribution in [1.82, 2.24) is 0 Å². The Kier molecular flexibility index (Phi) is 4.74. The maximum absolute atomic E-state index is 12.3. The van der Waals surface area contributed by atoms with Gasteiger partial charge < -0.3 is 0 Å². The number of carbonyl (C=O) groups is 1. The van der Waals surface area contributed by atoms with Gasteiger partial charge in [-0.3, -0.25) is 4.79 Å². The Morgan fingerprint density at radius 1 is 1.17 bits per heavy atom. The second-order valence-electron chi connectivity index (χ2n) is 5.27. The van der Waals surface area contributed by atoms with Crippen molar-refractivity contribution in [3.05, 3.63) is 47.0 Å². The summed E-state index contributed by atoms with van der Waals surface area (Å²) in [5.74, 6) is 0.322. The molecule has 0 saturated carbocycles. The van der Waals surface area contributed by atoms with E-state index in [0.29, 0.717) is 12.2 Å². The van der Waals surface area contributed by atoms with Gasteiger partial charge in [0.2, 0.25) is 0 Å². The van der Waals surface area contributed by atoms with Gasteiger partial charge >= 0.3 is 0 Å². The zero-order valence-electron chi connectivity index (χ0n) is 11.2. The van der Waals surface area contributed by atoms with Crippen molar-refractivity contribution in [2.75, 3.05) is 0 Å². The smallest absolute Gasteiger partial charge is 0.162 e. The minimum absolute atomic E-state index is 0.322. The zero-order valence-corrected chi connectivity index (χ0v) is 11.2. The molecule has 0 aliphatic heterocycles. The minimum Gasteiger partial charge on any atom is -0.294 e. The molecule has 1 aromatic carbocycles. The molecule has 0 unspecified atom stereocenters. The Bertz CT molecular complexity index is 443. The summed E-state index contributed by atoms with van der Waals surface area (Å²) in [5, 5.41) is 0. The first kappa shape index (κ1) is 13.1. The topological polar surface area (TPSA) is 17.1 Å². The molecule has 0 radical (unpaired) electrons. The summed E-state index contributed by atoms with van der Waals surface area (Å²) in [6, 6.07) is 8.27. The second kappa shape index (κ2) is 6.53. The maximum Gasteiger partial charge on any atom is 0.162 e. The van der Waals surface area contributed by atoms with Crippen LogP contribution < -0.4 is 0 Å². The van der Waals surface area contributed by atoms with Crippen LogP contribution in [0.2, 0.25) is 0 Å². The predicted molar refractivity (Wildman–Crippen MR) is 75.7 cm³/mol. The molecule has 0 bridgehead atoms. The van der Waals surface area contributed by atoms with Gasteiger partial charge in [0.25, 0.3) is 0 Å². The van der Waals surface area contributed by atoms with Crippen LogP contribution in [-0.2, 0) is 11.2 Å². The fraction of sp³-hybridized carbons (Fsp3) is 0.471. The number of rotatable bonds is 3. The summed E-state index contributed by atoms with van der Waals surface area (Å²) in [5.41, 5.74) is 3.44. The Morgan fingerprint density at radius 3 is 2.83 bits per heavy atom. The van der Waals surface area contributed by atoms with Crippen LogP contribution in [0.25, 0.3) is 0 Å². The lowest BCUT2D eigenvalue weighted by atomic mass is 9.94. The molecule has 0 amide bonds. The summed E-state index contributed by atoms with van der Waals surface area (Å²) in [4.78, 5) is 12.3. The molecule has 0 aromatic heterocycles. The molecule has 2 rings (SSSR count). The highest BCUT2D eigenvalue weighted by Crippen LogP contribution is 2.19. The van der Waals surface area contributed by atoms with Crippen molar-refractivity contribution in [1.29, 1.82) is 0 Å². The SMILES string of the molecule is Cc1cccc(CC(=O)/C2=C/CCCCCC2)c1. The summed E-state index contributed by atoms with van der Waals surface area (Å²) >= 11 is 0. The van der Waals surface area contributed by atoms with Crippen LogP contribution >= 0.6 is 0 Å². The van der Waals surface area contributed by atoms with Gasteiger partial charge in [-0.25, -0.2) is 0 Å². The largest absolute Gasteiger partial charge is 0.294 e. The molecule has 0 saturated heterocycles. The molecule has 0 N–H and O–H groups in total. The molecule has 0 spiro atoms. The third-order valence-electron chi connectivity index (χ3n) is 3.60. The van der Waals surface area contributed by atoms with Crippen LogP contribution in [0, 0.1) is 6.92 Å². The van der Waals surface area contributed by atoms with Crippen molar-refractivity contribution in [3.63, 3.8) is 0 Å². The standard InChI is InChI=1S/C17H22O/c1-14-8-7-9-15(12-14)13-17(18)16-10-5-3-2-4-6-11-16/h7-10,12H,2-6,11,13H2,1H3/b16-10+. The number of aryl methyl sites for hydroxylation is 1. The average Bonchev–Trinajstić information content (AvgIpc) is 2.28. The van der Waals surface area contributed by atoms with Gasteiger partial charge in [0, 0.05) is 6.42 Å². The first-order chi connectivity index (χ1) is 8.75. The molecule has 0 atom stereocenters. The summed E-state index contributed by atoms with van der Waals surface area (Å²) in [6.07, 6.45) is 9.79. The zero-order chi connectivity index (χ0) is 12.8. The monoisotopic (exact) mass is 242 g/mol. The van der Waals surface area contributed by atoms with E-state index >= 15 is 0 Å². The lowest BCUT2D eigenvalue weighted by molar-refractivity contribution is -0.115. The van der Waals surface area contributed by atoms with Crippen molar-refractivity contribution < 1.29 is 4.79 Å². The number of Topliss-reactive ketones (excluding diaryl/α,β-unsaturated/α-hetero) is 1. The van der Waals surface area contributed by atoms with E-state index in [4.69, 9.17) is 0 Å². The van der Waals surface area contributed by atoms with E-state index in [1.807, 2.05) is 12.1 Å². The van der Waals surface area contributed by atoms with Gasteiger partial charge in [-0.1, -0.05) is 48.7 Å². The van der Waals surface area contributed by atoms with Gasteiger partial charge in [0.05, 0.1) is 0 Å². The van der Waals surface area contributed by atoms with E-state index in [0.717, 1.165) is 24.0 Å². The van der Waals surface area contributed by atoms with Crippen LogP contribution in [0.5, 0.6) is 0 Å². The van der Waals surface area contributed by atoms with Gasteiger partial charge in [-0.15, -0.1) is 0 Å². The van der Waals surface area contributed by atoms with Crippen molar-refractivity contribution in [2.24, 2.45) is 0 Å². The van der Waals surface area contributed by atoms with Crippen LogP contribution in [0.1, 0.15) is 49.7 Å². The molecule has 0 fully saturated rings. The van der Waals surface area contributed by atoms with E-state index in [9.17, 15) is 4.79 Å². The maximum atomic E-state index is 12.3. The fourth-order valence-electron chi connectivity index (χ4n) is 2.57. The van der Waals surface area contributed by atoms with Crippen LogP contribution in [-0.4, -0.2) is 5.78 Å². The number of benzene rings is 1. The highest BCUT2D eigenvalue weighted by molar-refractivity contribution is 5.96. The molecule has 1 nitrogen and oxygen atoms in total. The van der Waals surface area contributed by atoms with E-state index in [2.05, 4.69) is 25.1 Å². The fourth-order valence-corrected chi connectivity index (χ4v) is 2.57. The van der Waals surface area contributed by atoms with Crippen molar-refractivity contribution >= 4 is 5.78 Å². The summed E-state index contributed by atoms with van der Waals surface area (Å²) in [7, 11) is 0. The first-order valence-corrected chi connectivity index (χ1v) is 7.03. The van der Waals surface area contributed by atoms with Crippen LogP contribution in [0.3, 0.4) is 0 Å². The molecule has 1 aliphatic rings. The number of hydrogen-bond acceptors (Lipinski definition) is 1. The van der Waals surface area contributed by atoms with Gasteiger partial charge in [-0.05, 0) is 43.7 Å². The number of carbonyl (C=O) groups excluding carboxylic acids is 1. The van der Waals surface area contributed by atoms with E-state index in [-0.39, 0.29) is 0 Å². The number of hydrogen-bond donors (Lipinski definition) is 0. The molecule has 1 heteroatoms. The Labute approximate surface area is 110 Å². The van der Waals surface area contributed by atoms with Crippen LogP contribution in [0.15, 0.2) is 35.9 Å². The van der Waals surface area contributed by atoms with Crippen molar-refractivity contribution in [2.45, 2.75) is 51.9 Å². The number of ketones is 1. The van der Waals surface area contributed by atoms with Crippen LogP contribution in [0.4, 0.5) is 0 Å². The number of allylic oxidation sites excluding steroid dienone is 2. The predicted octanol–water partition coefficient (Wildman–Crippen LogP) is 4.39. The third kappa shape index (κ3) is 3.83. The van der Waals surface area contributed by atoms with Gasteiger partial charge in [0.15, 0.2) is 5.78 Å². The minimum atomic E-state index is 0.322. The van der Waals surface area contributed by atoms with Gasteiger partial charge in [0.1, 0.15) is 0 Å². The molecular weight excluding hydrogens is 220 g/mol.